The van der Waals surface area contributed by atoms with Crippen molar-refractivity contribution in [3.8, 4) is 11.6 Å². The van der Waals surface area contributed by atoms with E-state index < -0.39 is 10.7 Å². The lowest BCUT2D eigenvalue weighted by atomic mass is 10.2. The van der Waals surface area contributed by atoms with Gasteiger partial charge >= 0.3 is 0 Å². The van der Waals surface area contributed by atoms with Crippen LogP contribution in [-0.2, 0) is 0 Å². The summed E-state index contributed by atoms with van der Waals surface area (Å²) in [5.74, 6) is 4.97. The number of nitrogen functional groups attached to an aromatic ring is 1. The van der Waals surface area contributed by atoms with E-state index in [0.717, 1.165) is 6.07 Å². The van der Waals surface area contributed by atoms with Crippen molar-refractivity contribution >= 4 is 11.5 Å². The van der Waals surface area contributed by atoms with Gasteiger partial charge in [0.25, 0.3) is 5.69 Å². The summed E-state index contributed by atoms with van der Waals surface area (Å²) in [6.45, 7) is 3.10. The minimum atomic E-state index is -0.856. The van der Waals surface area contributed by atoms with E-state index in [1.807, 2.05) is 0 Å². The highest BCUT2D eigenvalue weighted by Gasteiger charge is 2.17. The number of hydrazine groups is 1. The minimum absolute atomic E-state index is 0.0719. The molecule has 3 N–H and O–H groups in total. The molecule has 2 rings (SSSR count). The first-order chi connectivity index (χ1) is 9.90. The Morgan fingerprint density at radius 1 is 1.33 bits per heavy atom. The maximum Gasteiger partial charge on any atom is 0.275 e. The Balaban J connectivity index is 2.38. The Labute approximate surface area is 118 Å². The average molecular weight is 293 g/mol. The van der Waals surface area contributed by atoms with Crippen molar-refractivity contribution in [3.05, 3.63) is 45.5 Å². The van der Waals surface area contributed by atoms with Crippen LogP contribution >= 0.6 is 0 Å². The van der Waals surface area contributed by atoms with Crippen LogP contribution in [0, 0.1) is 29.8 Å². The fourth-order valence-corrected chi connectivity index (χ4v) is 1.70. The maximum atomic E-state index is 13.8. The molecule has 0 saturated carbocycles. The molecule has 21 heavy (non-hydrogen) atoms. The van der Waals surface area contributed by atoms with Gasteiger partial charge in [0.2, 0.25) is 5.88 Å². The molecule has 9 heteroatoms. The summed E-state index contributed by atoms with van der Waals surface area (Å²) in [4.78, 5) is 18.0. The number of hydrogen-bond acceptors (Lipinski definition) is 7. The van der Waals surface area contributed by atoms with E-state index in [-0.39, 0.29) is 22.9 Å². The molecule has 1 aromatic heterocycles. The zero-order valence-corrected chi connectivity index (χ0v) is 11.3. The van der Waals surface area contributed by atoms with Gasteiger partial charge in [-0.1, -0.05) is 0 Å². The van der Waals surface area contributed by atoms with E-state index in [1.165, 1.54) is 19.1 Å². The third-order valence-corrected chi connectivity index (χ3v) is 2.62. The van der Waals surface area contributed by atoms with Crippen molar-refractivity contribution in [2.75, 3.05) is 5.43 Å². The lowest BCUT2D eigenvalue weighted by molar-refractivity contribution is -0.385. The summed E-state index contributed by atoms with van der Waals surface area (Å²) in [5.41, 5.74) is 2.29. The van der Waals surface area contributed by atoms with Crippen LogP contribution in [0.2, 0.25) is 0 Å². The molecular weight excluding hydrogens is 281 g/mol. The first kappa shape index (κ1) is 14.6. The molecule has 0 fully saturated rings. The Morgan fingerprint density at radius 2 is 2.05 bits per heavy atom. The van der Waals surface area contributed by atoms with Crippen molar-refractivity contribution in [1.82, 2.24) is 9.97 Å². The molecule has 0 bridgehead atoms. The van der Waals surface area contributed by atoms with Crippen LogP contribution in [0.5, 0.6) is 11.6 Å². The van der Waals surface area contributed by atoms with E-state index >= 15 is 0 Å². The topological polar surface area (TPSA) is 116 Å². The number of rotatable bonds is 4. The normalized spacial score (nSPS) is 10.3. The molecule has 0 spiro atoms. The van der Waals surface area contributed by atoms with Crippen LogP contribution in [-0.4, -0.2) is 14.9 Å². The second kappa shape index (κ2) is 5.67. The first-order valence-corrected chi connectivity index (χ1v) is 5.85. The molecule has 0 unspecified atom stereocenters. The number of aromatic nitrogens is 2. The largest absolute Gasteiger partial charge is 0.436 e. The minimum Gasteiger partial charge on any atom is -0.436 e. The number of nitro benzene ring substituents is 1. The summed E-state index contributed by atoms with van der Waals surface area (Å²) in [6, 6.07) is 3.42. The smallest absolute Gasteiger partial charge is 0.275 e. The second-order valence-electron chi connectivity index (χ2n) is 4.21. The molecule has 0 aliphatic heterocycles. The number of nitrogens with zero attached hydrogens (tertiary/aromatic N) is 3. The van der Waals surface area contributed by atoms with Crippen LogP contribution in [0.25, 0.3) is 0 Å². The predicted octanol–water partition coefficient (Wildman–Crippen LogP) is 2.22. The molecule has 0 aliphatic carbocycles. The standard InChI is InChI=1S/C12H12FN5O3/c1-6-3-10(8(13)4-9(6)18(19)20)21-12-5-11(17-14)15-7(2)16-12/h3-5H,14H2,1-2H3,(H,15,16,17). The third-order valence-electron chi connectivity index (χ3n) is 2.62. The SMILES string of the molecule is Cc1nc(NN)cc(Oc2cc(C)c([N+](=O)[O-])cc2F)n1. The molecular formula is C12H12FN5O3. The van der Waals surface area contributed by atoms with Crippen molar-refractivity contribution in [1.29, 1.82) is 0 Å². The van der Waals surface area contributed by atoms with Crippen LogP contribution in [0.3, 0.4) is 0 Å². The maximum absolute atomic E-state index is 13.8. The van der Waals surface area contributed by atoms with Gasteiger partial charge < -0.3 is 10.2 Å². The summed E-state index contributed by atoms with van der Waals surface area (Å²) >= 11 is 0. The fraction of sp³-hybridized carbons (Fsp3) is 0.167. The highest BCUT2D eigenvalue weighted by Crippen LogP contribution is 2.30. The Hall–Kier alpha value is -2.81. The van der Waals surface area contributed by atoms with E-state index in [4.69, 9.17) is 10.6 Å². The molecule has 2 aromatic rings. The summed E-state index contributed by atoms with van der Waals surface area (Å²) in [7, 11) is 0. The third kappa shape index (κ3) is 3.20. The first-order valence-electron chi connectivity index (χ1n) is 5.85. The number of aryl methyl sites for hydroxylation is 2. The number of nitrogens with two attached hydrogens (primary N) is 1. The molecule has 1 heterocycles. The summed E-state index contributed by atoms with van der Waals surface area (Å²) in [6.07, 6.45) is 0. The number of nitrogens with one attached hydrogen (secondary N) is 1. The van der Waals surface area contributed by atoms with Crippen LogP contribution in [0.15, 0.2) is 18.2 Å². The Kier molecular flexibility index (Phi) is 3.94. The lowest BCUT2D eigenvalue weighted by Crippen LogP contribution is -2.10. The summed E-state index contributed by atoms with van der Waals surface area (Å²) in [5, 5.41) is 10.7. The van der Waals surface area contributed by atoms with Crippen molar-refractivity contribution in [3.63, 3.8) is 0 Å². The molecule has 0 aliphatic rings. The van der Waals surface area contributed by atoms with E-state index in [2.05, 4.69) is 15.4 Å². The zero-order chi connectivity index (χ0) is 15.6. The van der Waals surface area contributed by atoms with Gasteiger partial charge in [0, 0.05) is 11.6 Å². The molecule has 0 saturated heterocycles. The monoisotopic (exact) mass is 293 g/mol. The Morgan fingerprint density at radius 3 is 2.67 bits per heavy atom. The molecule has 0 radical (unpaired) electrons. The predicted molar refractivity (Wildman–Crippen MR) is 72.4 cm³/mol. The highest BCUT2D eigenvalue weighted by molar-refractivity contribution is 5.47. The quantitative estimate of drug-likeness (QED) is 0.504. The van der Waals surface area contributed by atoms with Gasteiger partial charge in [-0.2, -0.15) is 4.98 Å². The molecule has 1 aromatic carbocycles. The number of anilines is 1. The van der Waals surface area contributed by atoms with E-state index in [1.54, 1.807) is 6.92 Å². The van der Waals surface area contributed by atoms with E-state index in [9.17, 15) is 14.5 Å². The summed E-state index contributed by atoms with van der Waals surface area (Å²) < 4.78 is 19.1. The van der Waals surface area contributed by atoms with Gasteiger partial charge in [0.1, 0.15) is 11.6 Å². The number of nitro groups is 1. The van der Waals surface area contributed by atoms with Gasteiger partial charge in [-0.25, -0.2) is 15.2 Å². The molecule has 8 nitrogen and oxygen atoms in total. The van der Waals surface area contributed by atoms with E-state index in [0.29, 0.717) is 11.6 Å². The van der Waals surface area contributed by atoms with Crippen LogP contribution in [0.1, 0.15) is 11.4 Å². The van der Waals surface area contributed by atoms with Crippen LogP contribution in [0.4, 0.5) is 15.9 Å². The van der Waals surface area contributed by atoms with Crippen molar-refractivity contribution < 1.29 is 14.1 Å². The average Bonchev–Trinajstić information content (AvgIpc) is 2.41. The number of halogens is 1. The van der Waals surface area contributed by atoms with Gasteiger partial charge in [-0.15, -0.1) is 0 Å². The van der Waals surface area contributed by atoms with Crippen LogP contribution < -0.4 is 16.0 Å². The zero-order valence-electron chi connectivity index (χ0n) is 11.3. The Bertz CT molecular complexity index is 708. The fourth-order valence-electron chi connectivity index (χ4n) is 1.70. The molecule has 0 atom stereocenters. The molecule has 110 valence electrons. The highest BCUT2D eigenvalue weighted by atomic mass is 19.1. The van der Waals surface area contributed by atoms with Crippen molar-refractivity contribution in [2.45, 2.75) is 13.8 Å². The lowest BCUT2D eigenvalue weighted by Gasteiger charge is -2.09. The van der Waals surface area contributed by atoms with Crippen molar-refractivity contribution in [2.24, 2.45) is 5.84 Å². The van der Waals surface area contributed by atoms with Gasteiger partial charge in [0.05, 0.1) is 11.0 Å². The number of benzene rings is 1. The molecule has 0 amide bonds. The van der Waals surface area contributed by atoms with Gasteiger partial charge in [-0.05, 0) is 19.9 Å². The van der Waals surface area contributed by atoms with Gasteiger partial charge in [-0.3, -0.25) is 10.1 Å². The van der Waals surface area contributed by atoms with Gasteiger partial charge in [0.15, 0.2) is 11.6 Å². The second-order valence-corrected chi connectivity index (χ2v) is 4.21. The number of hydrogen-bond donors (Lipinski definition) is 2. The number of ether oxygens (including phenoxy) is 1.